The van der Waals surface area contributed by atoms with Gasteiger partial charge in [0.05, 0.1) is 21.6 Å². The molecule has 3 aromatic rings. The van der Waals surface area contributed by atoms with Gasteiger partial charge < -0.3 is 15.8 Å². The Morgan fingerprint density at radius 2 is 2.11 bits per heavy atom. The maximum atomic E-state index is 12.7. The van der Waals surface area contributed by atoms with Crippen LogP contribution >= 0.6 is 11.3 Å². The number of carbonyl (C=O) groups is 2. The number of nitrogens with one attached hydrogen (secondary N) is 1. The van der Waals surface area contributed by atoms with E-state index in [9.17, 15) is 9.59 Å². The highest BCUT2D eigenvalue weighted by molar-refractivity contribution is 7.09. The Hall–Kier alpha value is -2.94. The van der Waals surface area contributed by atoms with E-state index < -0.39 is 17.4 Å². The molecule has 0 unspecified atom stereocenters. The molecule has 0 aliphatic carbocycles. The van der Waals surface area contributed by atoms with Gasteiger partial charge >= 0.3 is 0 Å². The van der Waals surface area contributed by atoms with E-state index in [0.717, 1.165) is 10.6 Å². The summed E-state index contributed by atoms with van der Waals surface area (Å²) in [7, 11) is 1.67. The molecule has 0 fully saturated rings. The van der Waals surface area contributed by atoms with E-state index in [-0.39, 0.29) is 0 Å². The summed E-state index contributed by atoms with van der Waals surface area (Å²) < 4.78 is 7.33. The maximum Gasteiger partial charge on any atom is 0.271 e. The Labute approximate surface area is 160 Å². The molecule has 3 rings (SSSR count). The van der Waals surface area contributed by atoms with Crippen LogP contribution in [0, 0.1) is 6.92 Å². The van der Waals surface area contributed by atoms with E-state index in [0.29, 0.717) is 29.0 Å². The van der Waals surface area contributed by atoms with Gasteiger partial charge in [-0.2, -0.15) is 5.10 Å². The van der Waals surface area contributed by atoms with Crippen molar-refractivity contribution in [2.75, 3.05) is 0 Å². The lowest BCUT2D eigenvalue weighted by molar-refractivity contribution is -0.122. The summed E-state index contributed by atoms with van der Waals surface area (Å²) in [4.78, 5) is 29.5. The minimum atomic E-state index is -1.18. The first-order valence-corrected chi connectivity index (χ1v) is 9.18. The van der Waals surface area contributed by atoms with Crippen molar-refractivity contribution >= 4 is 34.1 Å². The van der Waals surface area contributed by atoms with Crippen molar-refractivity contribution in [2.24, 2.45) is 12.8 Å². The lowest BCUT2D eigenvalue weighted by atomic mass is 10.0. The Kier molecular flexibility index (Phi) is 4.88. The first-order chi connectivity index (χ1) is 12.7. The van der Waals surface area contributed by atoms with Gasteiger partial charge in [0.2, 0.25) is 5.91 Å². The van der Waals surface area contributed by atoms with Crippen LogP contribution in [0.4, 0.5) is 0 Å². The number of fused-ring (bicyclic) bond motifs is 1. The fraction of sp³-hybridized carbons (Fsp3) is 0.333. The number of nitrogens with two attached hydrogens (primary N) is 1. The van der Waals surface area contributed by atoms with Crippen LogP contribution in [-0.2, 0) is 18.4 Å². The molecule has 0 aliphatic heterocycles. The number of amides is 2. The van der Waals surface area contributed by atoms with Crippen molar-refractivity contribution < 1.29 is 14.3 Å². The molecule has 142 valence electrons. The normalized spacial score (nSPS) is 11.6. The summed E-state index contributed by atoms with van der Waals surface area (Å²) in [5.41, 5.74) is 7.88. The molecule has 0 bridgehead atoms. The number of aryl methyl sites for hydroxylation is 2. The molecule has 0 atom stereocenters. The number of primary amides is 1. The van der Waals surface area contributed by atoms with Gasteiger partial charge in [0.1, 0.15) is 23.6 Å². The van der Waals surface area contributed by atoms with Crippen LogP contribution in [0.2, 0.25) is 0 Å². The molecule has 2 heterocycles. The first kappa shape index (κ1) is 18.8. The molecular weight excluding hydrogens is 366 g/mol. The van der Waals surface area contributed by atoms with Crippen molar-refractivity contribution in [3.8, 4) is 5.75 Å². The van der Waals surface area contributed by atoms with E-state index in [1.165, 1.54) is 16.0 Å². The topological polar surface area (TPSA) is 112 Å². The van der Waals surface area contributed by atoms with Gasteiger partial charge in [-0.25, -0.2) is 4.98 Å². The number of hydrogen-bond donors (Lipinski definition) is 2. The van der Waals surface area contributed by atoms with Gasteiger partial charge in [-0.05, 0) is 39.0 Å². The molecule has 9 heteroatoms. The van der Waals surface area contributed by atoms with Crippen molar-refractivity contribution in [2.45, 2.75) is 32.9 Å². The van der Waals surface area contributed by atoms with Crippen LogP contribution in [0.25, 0.3) is 10.9 Å². The van der Waals surface area contributed by atoms with E-state index >= 15 is 0 Å². The van der Waals surface area contributed by atoms with Crippen molar-refractivity contribution in [3.63, 3.8) is 0 Å². The van der Waals surface area contributed by atoms with Gasteiger partial charge in [-0.15, -0.1) is 11.3 Å². The summed E-state index contributed by atoms with van der Waals surface area (Å²) in [5.74, 6) is -0.433. The van der Waals surface area contributed by atoms with Crippen molar-refractivity contribution in [3.05, 3.63) is 40.0 Å². The quantitative estimate of drug-likeness (QED) is 0.671. The number of thiazole rings is 1. The molecule has 0 aliphatic rings. The van der Waals surface area contributed by atoms with E-state index in [1.54, 1.807) is 44.6 Å². The van der Waals surface area contributed by atoms with Crippen LogP contribution < -0.4 is 15.8 Å². The predicted molar refractivity (Wildman–Crippen MR) is 103 cm³/mol. The lowest BCUT2D eigenvalue weighted by Crippen LogP contribution is -2.53. The molecule has 0 spiro atoms. The predicted octanol–water partition coefficient (Wildman–Crippen LogP) is 1.91. The molecule has 3 N–H and O–H groups in total. The fourth-order valence-electron chi connectivity index (χ4n) is 2.56. The molecule has 0 radical (unpaired) electrons. The third-order valence-corrected chi connectivity index (χ3v) is 5.18. The minimum absolute atomic E-state index is 0.332. The molecule has 1 aromatic carbocycles. The van der Waals surface area contributed by atoms with Gasteiger partial charge in [-0.3, -0.25) is 14.3 Å². The molecule has 8 nitrogen and oxygen atoms in total. The molecular formula is C18H21N5O3S. The molecule has 2 amide bonds. The summed E-state index contributed by atoms with van der Waals surface area (Å²) in [5, 5.41) is 7.63. The standard InChI is InChI=1S/C18H21N5O3S/c1-10-14(27-9-20-10)8-26-11-5-6-13-12(7-11)15(23(4)22-13)16(24)21-18(2,3)17(19)25/h5-7,9H,8H2,1-4H3,(H2,19,25)(H,21,24). The first-order valence-electron chi connectivity index (χ1n) is 8.30. The van der Waals surface area contributed by atoms with Crippen LogP contribution in [-0.4, -0.2) is 32.1 Å². The van der Waals surface area contributed by atoms with Crippen LogP contribution in [0.5, 0.6) is 5.75 Å². The smallest absolute Gasteiger partial charge is 0.271 e. The SMILES string of the molecule is Cc1ncsc1COc1ccc2nn(C)c(C(=O)NC(C)(C)C(N)=O)c2c1. The number of nitrogens with zero attached hydrogens (tertiary/aromatic N) is 3. The van der Waals surface area contributed by atoms with Gasteiger partial charge in [-0.1, -0.05) is 0 Å². The average Bonchev–Trinajstić information content (AvgIpc) is 3.13. The zero-order chi connectivity index (χ0) is 19.8. The lowest BCUT2D eigenvalue weighted by Gasteiger charge is -2.22. The average molecular weight is 387 g/mol. The minimum Gasteiger partial charge on any atom is -0.488 e. The summed E-state index contributed by atoms with van der Waals surface area (Å²) >= 11 is 1.53. The second kappa shape index (κ2) is 6.99. The maximum absolute atomic E-state index is 12.7. The number of aromatic nitrogens is 3. The second-order valence-corrected chi connectivity index (χ2v) is 7.68. The second-order valence-electron chi connectivity index (χ2n) is 6.74. The van der Waals surface area contributed by atoms with Crippen molar-refractivity contribution in [1.82, 2.24) is 20.1 Å². The van der Waals surface area contributed by atoms with E-state index in [4.69, 9.17) is 10.5 Å². The third kappa shape index (κ3) is 3.77. The van der Waals surface area contributed by atoms with Crippen LogP contribution in [0.1, 0.15) is 34.9 Å². The number of ether oxygens (including phenoxy) is 1. The zero-order valence-corrected chi connectivity index (χ0v) is 16.4. The molecule has 0 saturated heterocycles. The largest absolute Gasteiger partial charge is 0.488 e. The van der Waals surface area contributed by atoms with Crippen LogP contribution in [0.3, 0.4) is 0 Å². The Bertz CT molecular complexity index is 1020. The Morgan fingerprint density at radius 1 is 1.37 bits per heavy atom. The van der Waals surface area contributed by atoms with Crippen molar-refractivity contribution in [1.29, 1.82) is 0 Å². The summed E-state index contributed by atoms with van der Waals surface area (Å²) in [6.45, 7) is 5.44. The Morgan fingerprint density at radius 3 is 2.74 bits per heavy atom. The molecule has 0 saturated carbocycles. The summed E-state index contributed by atoms with van der Waals surface area (Å²) in [6, 6.07) is 5.37. The number of rotatable bonds is 6. The number of benzene rings is 1. The van der Waals surface area contributed by atoms with Crippen LogP contribution in [0.15, 0.2) is 23.7 Å². The highest BCUT2D eigenvalue weighted by atomic mass is 32.1. The third-order valence-electron chi connectivity index (χ3n) is 4.28. The van der Waals surface area contributed by atoms with Gasteiger partial charge in [0.25, 0.3) is 5.91 Å². The van der Waals surface area contributed by atoms with Gasteiger partial charge in [0, 0.05) is 12.4 Å². The monoisotopic (exact) mass is 387 g/mol. The van der Waals surface area contributed by atoms with E-state index in [2.05, 4.69) is 15.4 Å². The highest BCUT2D eigenvalue weighted by Crippen LogP contribution is 2.25. The molecule has 27 heavy (non-hydrogen) atoms. The fourth-order valence-corrected chi connectivity index (χ4v) is 3.24. The van der Waals surface area contributed by atoms with Gasteiger partial charge in [0.15, 0.2) is 0 Å². The number of hydrogen-bond acceptors (Lipinski definition) is 6. The number of carbonyl (C=O) groups excluding carboxylic acids is 2. The highest BCUT2D eigenvalue weighted by Gasteiger charge is 2.29. The zero-order valence-electron chi connectivity index (χ0n) is 15.6. The Balaban J connectivity index is 1.89. The summed E-state index contributed by atoms with van der Waals surface area (Å²) in [6.07, 6.45) is 0. The van der Waals surface area contributed by atoms with E-state index in [1.807, 2.05) is 6.92 Å². The molecule has 2 aromatic heterocycles.